The van der Waals surface area contributed by atoms with Crippen LogP contribution in [0.1, 0.15) is 41.3 Å². The molecule has 3 aromatic rings. The number of halogens is 4. The first-order chi connectivity index (χ1) is 17.6. The second-order valence-corrected chi connectivity index (χ2v) is 9.37. The van der Waals surface area contributed by atoms with Crippen LogP contribution in [0, 0.1) is 0 Å². The van der Waals surface area contributed by atoms with Gasteiger partial charge in [0.1, 0.15) is 6.10 Å². The molecule has 2 aliphatic rings. The van der Waals surface area contributed by atoms with Gasteiger partial charge in [-0.15, -0.1) is 0 Å². The van der Waals surface area contributed by atoms with Crippen LogP contribution in [0.2, 0.25) is 5.02 Å². The molecule has 0 radical (unpaired) electrons. The molecule has 2 N–H and O–H groups in total. The van der Waals surface area contributed by atoms with E-state index in [0.29, 0.717) is 18.2 Å². The Morgan fingerprint density at radius 3 is 2.49 bits per heavy atom. The molecule has 1 amide bonds. The molecule has 1 atom stereocenters. The lowest BCUT2D eigenvalue weighted by Crippen LogP contribution is -2.38. The molecule has 2 heterocycles. The van der Waals surface area contributed by atoms with Crippen molar-refractivity contribution < 1.29 is 32.6 Å². The number of carbonyl (C=O) groups is 2. The summed E-state index contributed by atoms with van der Waals surface area (Å²) in [5, 5.41) is 15.7. The number of alkyl halides is 3. The van der Waals surface area contributed by atoms with E-state index in [1.807, 2.05) is 47.1 Å². The van der Waals surface area contributed by atoms with Crippen LogP contribution in [0.3, 0.4) is 0 Å². The molecule has 5 rings (SSSR count). The molecule has 196 valence electrons. The topological polar surface area (TPSA) is 93.5 Å². The van der Waals surface area contributed by atoms with E-state index in [2.05, 4.69) is 23.6 Å². The summed E-state index contributed by atoms with van der Waals surface area (Å²) in [5.41, 5.74) is 3.89. The molecule has 0 spiro atoms. The summed E-state index contributed by atoms with van der Waals surface area (Å²) in [6, 6.07) is 17.9. The van der Waals surface area contributed by atoms with Gasteiger partial charge in [0.25, 0.3) is 0 Å². The van der Waals surface area contributed by atoms with E-state index in [4.69, 9.17) is 31.3 Å². The maximum atomic E-state index is 13.0. The zero-order chi connectivity index (χ0) is 26.6. The lowest BCUT2D eigenvalue weighted by Gasteiger charge is -2.24. The smallest absolute Gasteiger partial charge is 0.475 e. The molecule has 37 heavy (non-hydrogen) atoms. The minimum atomic E-state index is -5.08. The number of aliphatic carboxylic acids is 1. The van der Waals surface area contributed by atoms with E-state index >= 15 is 0 Å². The molecular formula is C26H25ClF3N3O4. The number of nitrogens with one attached hydrogen (secondary N) is 1. The number of aromatic nitrogens is 2. The average molecular weight is 536 g/mol. The van der Waals surface area contributed by atoms with Crippen LogP contribution < -0.4 is 5.32 Å². The average Bonchev–Trinajstić information content (AvgIpc) is 3.57. The van der Waals surface area contributed by atoms with E-state index in [0.717, 1.165) is 37.1 Å². The Balaban J connectivity index is 0.000000405. The van der Waals surface area contributed by atoms with E-state index < -0.39 is 17.6 Å². The highest BCUT2D eigenvalue weighted by Crippen LogP contribution is 2.49. The summed E-state index contributed by atoms with van der Waals surface area (Å²) in [7, 11) is 0. The van der Waals surface area contributed by atoms with Gasteiger partial charge in [-0.2, -0.15) is 18.3 Å². The normalized spacial score (nSPS) is 17.7. The summed E-state index contributed by atoms with van der Waals surface area (Å²) in [6.45, 7) is 1.80. The quantitative estimate of drug-likeness (QED) is 0.478. The Bertz CT molecular complexity index is 1260. The Labute approximate surface area is 216 Å². The van der Waals surface area contributed by atoms with Crippen molar-refractivity contribution in [1.82, 2.24) is 15.1 Å². The molecule has 1 aliphatic carbocycles. The molecule has 2 aromatic carbocycles. The second kappa shape index (κ2) is 10.9. The molecule has 11 heteroatoms. The number of amides is 1. The van der Waals surface area contributed by atoms with E-state index in [-0.39, 0.29) is 12.0 Å². The van der Waals surface area contributed by atoms with Gasteiger partial charge in [0, 0.05) is 17.8 Å². The Kier molecular flexibility index (Phi) is 7.89. The summed E-state index contributed by atoms with van der Waals surface area (Å²) in [5.74, 6) is -2.71. The van der Waals surface area contributed by atoms with Crippen molar-refractivity contribution in [2.75, 3.05) is 13.2 Å². The summed E-state index contributed by atoms with van der Waals surface area (Å²) < 4.78 is 39.7. The number of hydrogen-bond donors (Lipinski definition) is 2. The zero-order valence-corrected chi connectivity index (χ0v) is 20.4. The number of carboxylic acids is 1. The fraction of sp³-hybridized carbons (Fsp3) is 0.346. The first kappa shape index (κ1) is 26.7. The van der Waals surface area contributed by atoms with Gasteiger partial charge < -0.3 is 15.2 Å². The highest BCUT2D eigenvalue weighted by molar-refractivity contribution is 6.30. The van der Waals surface area contributed by atoms with Crippen molar-refractivity contribution in [1.29, 1.82) is 0 Å². The molecule has 7 nitrogen and oxygen atoms in total. The Morgan fingerprint density at radius 1 is 1.16 bits per heavy atom. The number of fused-ring (bicyclic) bond motifs is 1. The lowest BCUT2D eigenvalue weighted by molar-refractivity contribution is -0.192. The van der Waals surface area contributed by atoms with E-state index in [1.54, 1.807) is 0 Å². The molecule has 1 fully saturated rings. The fourth-order valence-electron chi connectivity index (χ4n) is 4.25. The van der Waals surface area contributed by atoms with Gasteiger partial charge in [-0.05, 0) is 48.1 Å². The van der Waals surface area contributed by atoms with Crippen LogP contribution >= 0.6 is 11.6 Å². The van der Waals surface area contributed by atoms with Crippen molar-refractivity contribution in [3.8, 4) is 0 Å². The van der Waals surface area contributed by atoms with Gasteiger partial charge in [-0.1, -0.05) is 54.1 Å². The molecule has 1 aliphatic heterocycles. The summed E-state index contributed by atoms with van der Waals surface area (Å²) in [6.07, 6.45) is -0.650. The lowest BCUT2D eigenvalue weighted by atomic mass is 9.95. The highest BCUT2D eigenvalue weighted by Gasteiger charge is 2.51. The predicted octanol–water partition coefficient (Wildman–Crippen LogP) is 4.68. The third-order valence-electron chi connectivity index (χ3n) is 6.31. The molecule has 1 unspecified atom stereocenters. The van der Waals surface area contributed by atoms with Gasteiger partial charge >= 0.3 is 12.1 Å². The van der Waals surface area contributed by atoms with Crippen LogP contribution in [-0.2, 0) is 32.7 Å². The van der Waals surface area contributed by atoms with Gasteiger partial charge in [-0.3, -0.25) is 9.48 Å². The summed E-state index contributed by atoms with van der Waals surface area (Å²) >= 11 is 6.14. The zero-order valence-electron chi connectivity index (χ0n) is 19.7. The number of hydrogen-bond acceptors (Lipinski definition) is 4. The molecule has 1 saturated carbocycles. The standard InChI is InChI=1S/C24H24ClN3O2.C2HF3O2/c25-20-8-4-7-19(13-20)24(10-11-24)23(29)26-14-21-22-18(9-12-30-21)16-28(27-22)15-17-5-2-1-3-6-17;3-2(4,5)1(6)7/h1-8,13,16,21H,9-12,14-15H2,(H,26,29);(H,6,7). The maximum absolute atomic E-state index is 13.0. The van der Waals surface area contributed by atoms with E-state index in [9.17, 15) is 18.0 Å². The second-order valence-electron chi connectivity index (χ2n) is 8.94. The number of nitrogens with zero attached hydrogens (tertiary/aromatic N) is 2. The molecule has 0 saturated heterocycles. The van der Waals surface area contributed by atoms with Crippen LogP contribution in [0.15, 0.2) is 60.8 Å². The van der Waals surface area contributed by atoms with E-state index in [1.165, 1.54) is 11.1 Å². The van der Waals surface area contributed by atoms with Crippen LogP contribution in [-0.4, -0.2) is 46.1 Å². The van der Waals surface area contributed by atoms with Crippen LogP contribution in [0.4, 0.5) is 13.2 Å². The maximum Gasteiger partial charge on any atom is 0.490 e. The fourth-order valence-corrected chi connectivity index (χ4v) is 4.44. The van der Waals surface area contributed by atoms with Crippen molar-refractivity contribution in [3.05, 3.63) is 88.2 Å². The molecule has 1 aromatic heterocycles. The summed E-state index contributed by atoms with van der Waals surface area (Å²) in [4.78, 5) is 21.9. The largest absolute Gasteiger partial charge is 0.490 e. The molecular weight excluding hydrogens is 511 g/mol. The highest BCUT2D eigenvalue weighted by atomic mass is 35.5. The number of ether oxygens (including phenoxy) is 1. The minimum absolute atomic E-state index is 0.0456. The van der Waals surface area contributed by atoms with Crippen molar-refractivity contribution in [2.45, 2.75) is 43.5 Å². The monoisotopic (exact) mass is 535 g/mol. The SMILES string of the molecule is O=C(NCC1OCCc2cn(Cc3ccccc3)nc21)C1(c2cccc(Cl)c2)CC1.O=C(O)C(F)(F)F. The Morgan fingerprint density at radius 2 is 1.86 bits per heavy atom. The Hall–Kier alpha value is -3.37. The third kappa shape index (κ3) is 6.50. The van der Waals surface area contributed by atoms with Gasteiger partial charge in [0.2, 0.25) is 5.91 Å². The van der Waals surface area contributed by atoms with Gasteiger partial charge in [-0.25, -0.2) is 4.79 Å². The van der Waals surface area contributed by atoms with Gasteiger partial charge in [0.05, 0.1) is 24.3 Å². The number of carboxylic acid groups (broad SMARTS) is 1. The third-order valence-corrected chi connectivity index (χ3v) is 6.54. The van der Waals surface area contributed by atoms with Crippen LogP contribution in [0.25, 0.3) is 0 Å². The van der Waals surface area contributed by atoms with Crippen molar-refractivity contribution in [2.24, 2.45) is 0 Å². The first-order valence-corrected chi connectivity index (χ1v) is 12.0. The number of carbonyl (C=O) groups excluding carboxylic acids is 1. The number of rotatable bonds is 6. The predicted molar refractivity (Wildman–Crippen MR) is 129 cm³/mol. The number of benzene rings is 2. The van der Waals surface area contributed by atoms with Gasteiger partial charge in [0.15, 0.2) is 0 Å². The van der Waals surface area contributed by atoms with Crippen molar-refractivity contribution >= 4 is 23.5 Å². The minimum Gasteiger partial charge on any atom is -0.475 e. The van der Waals surface area contributed by atoms with Crippen molar-refractivity contribution in [3.63, 3.8) is 0 Å². The van der Waals surface area contributed by atoms with Crippen LogP contribution in [0.5, 0.6) is 0 Å². The molecule has 0 bridgehead atoms. The first-order valence-electron chi connectivity index (χ1n) is 11.6.